The summed E-state index contributed by atoms with van der Waals surface area (Å²) in [5, 5.41) is 15.3. The largest absolute Gasteiger partial charge is 0.423 e. The zero-order chi connectivity index (χ0) is 24.4. The van der Waals surface area contributed by atoms with Gasteiger partial charge >= 0.3 is 5.97 Å². The van der Waals surface area contributed by atoms with Gasteiger partial charge in [0.15, 0.2) is 0 Å². The number of carbonyl (C=O) groups excluding carboxylic acids is 1. The highest BCUT2D eigenvalue weighted by molar-refractivity contribution is 7.89. The molecule has 3 N–H and O–H groups in total. The van der Waals surface area contributed by atoms with Gasteiger partial charge < -0.3 is 9.84 Å². The molecule has 5 atom stereocenters. The van der Waals surface area contributed by atoms with E-state index < -0.39 is 26.7 Å². The molecule has 2 saturated carbocycles. The number of halogens is 2. The van der Waals surface area contributed by atoms with E-state index in [0.29, 0.717) is 23.5 Å². The number of carbonyl (C=O) groups is 1. The number of sulfonamides is 1. The summed E-state index contributed by atoms with van der Waals surface area (Å²) in [5.74, 6) is -0.202. The molecule has 3 unspecified atom stereocenters. The summed E-state index contributed by atoms with van der Waals surface area (Å²) in [4.78, 5) is 11.9. The fourth-order valence-electron chi connectivity index (χ4n) is 6.66. The van der Waals surface area contributed by atoms with Gasteiger partial charge in [0, 0.05) is 0 Å². The molecule has 5 rings (SSSR count). The summed E-state index contributed by atoms with van der Waals surface area (Å²) in [6, 6.07) is 7.12. The molecule has 0 aromatic heterocycles. The lowest BCUT2D eigenvalue weighted by Crippen LogP contribution is -2.43. The molecule has 0 radical (unpaired) electrons. The molecule has 3 aliphatic rings. The zero-order valence-electron chi connectivity index (χ0n) is 18.8. The van der Waals surface area contributed by atoms with Crippen molar-refractivity contribution in [2.45, 2.75) is 62.4 Å². The minimum Gasteiger partial charge on any atom is -0.423 e. The zero-order valence-corrected chi connectivity index (χ0v) is 20.3. The van der Waals surface area contributed by atoms with Crippen LogP contribution in [-0.2, 0) is 16.4 Å². The molecule has 0 spiro atoms. The number of esters is 1. The Morgan fingerprint density at radius 1 is 1.21 bits per heavy atom. The van der Waals surface area contributed by atoms with E-state index in [4.69, 9.17) is 21.5 Å². The third-order valence-corrected chi connectivity index (χ3v) is 9.65. The number of benzene rings is 2. The second-order valence-corrected chi connectivity index (χ2v) is 12.0. The Labute approximate surface area is 203 Å². The van der Waals surface area contributed by atoms with E-state index in [9.17, 15) is 22.7 Å². The van der Waals surface area contributed by atoms with Crippen molar-refractivity contribution < 1.29 is 27.4 Å². The Balaban J connectivity index is 1.38. The lowest BCUT2D eigenvalue weighted by atomic mass is 9.55. The number of hydrogen-bond acceptors (Lipinski definition) is 5. The molecule has 182 valence electrons. The van der Waals surface area contributed by atoms with Crippen molar-refractivity contribution in [3.05, 3.63) is 57.9 Å². The van der Waals surface area contributed by atoms with Crippen LogP contribution in [0.15, 0.2) is 35.2 Å². The summed E-state index contributed by atoms with van der Waals surface area (Å²) >= 11 is 5.98. The van der Waals surface area contributed by atoms with E-state index in [1.165, 1.54) is 5.56 Å². The van der Waals surface area contributed by atoms with Crippen LogP contribution >= 0.6 is 11.6 Å². The van der Waals surface area contributed by atoms with E-state index in [1.54, 1.807) is 6.07 Å². The second-order valence-electron chi connectivity index (χ2n) is 10.1. The van der Waals surface area contributed by atoms with Gasteiger partial charge in [-0.1, -0.05) is 24.6 Å². The van der Waals surface area contributed by atoms with Crippen molar-refractivity contribution in [2.75, 3.05) is 0 Å². The molecule has 2 aromatic carbocycles. The average molecular weight is 508 g/mol. The van der Waals surface area contributed by atoms with Crippen molar-refractivity contribution in [3.8, 4) is 5.75 Å². The van der Waals surface area contributed by atoms with E-state index >= 15 is 0 Å². The first-order chi connectivity index (χ1) is 16.0. The highest BCUT2D eigenvalue weighted by Crippen LogP contribution is 2.60. The summed E-state index contributed by atoms with van der Waals surface area (Å²) in [6.45, 7) is 2.24. The molecule has 0 amide bonds. The first-order valence-electron chi connectivity index (χ1n) is 11.5. The molecule has 6 nitrogen and oxygen atoms in total. The summed E-state index contributed by atoms with van der Waals surface area (Å²) in [6.07, 6.45) is 5.66. The standard InChI is InChI=1S/C25H27ClFNO5S/c1-25-9-8-16-15-5-3-14(10-13(15)2-4-17(16)19(25)6-7-23(25)29)33-24(30)18-11-22(34(28,31)32)21(27)12-20(18)26/h3,5,10-12,16-17,19,23,29H,2,4,6-9H2,1H3,(H2,28,31,32)/t16?,17?,19?,23-,25-/m0/s1. The van der Waals surface area contributed by atoms with E-state index in [1.807, 2.05) is 12.1 Å². The third-order valence-electron chi connectivity index (χ3n) is 8.41. The van der Waals surface area contributed by atoms with E-state index in [2.05, 4.69) is 6.92 Å². The number of rotatable bonds is 3. The summed E-state index contributed by atoms with van der Waals surface area (Å²) in [5.41, 5.74) is 2.13. The van der Waals surface area contributed by atoms with Gasteiger partial charge in [0.05, 0.1) is 16.7 Å². The van der Waals surface area contributed by atoms with Crippen LogP contribution in [0.1, 0.15) is 66.4 Å². The normalized spacial score (nSPS) is 30.3. The van der Waals surface area contributed by atoms with Gasteiger partial charge in [0.25, 0.3) is 0 Å². The first-order valence-corrected chi connectivity index (χ1v) is 13.5. The maximum Gasteiger partial charge on any atom is 0.345 e. The number of ether oxygens (including phenoxy) is 1. The smallest absolute Gasteiger partial charge is 0.345 e. The molecule has 34 heavy (non-hydrogen) atoms. The molecule has 2 aromatic rings. The van der Waals surface area contributed by atoms with Crippen LogP contribution in [0.4, 0.5) is 4.39 Å². The Bertz CT molecular complexity index is 1280. The number of aryl methyl sites for hydroxylation is 1. The second kappa shape index (κ2) is 8.29. The first kappa shape index (κ1) is 23.7. The quantitative estimate of drug-likeness (QED) is 0.467. The van der Waals surface area contributed by atoms with Crippen LogP contribution < -0.4 is 9.88 Å². The molecular weight excluding hydrogens is 481 g/mol. The Morgan fingerprint density at radius 3 is 2.71 bits per heavy atom. The van der Waals surface area contributed by atoms with Crippen molar-refractivity contribution in [3.63, 3.8) is 0 Å². The van der Waals surface area contributed by atoms with Crippen LogP contribution in [0.25, 0.3) is 0 Å². The van der Waals surface area contributed by atoms with Gasteiger partial charge in [0.1, 0.15) is 16.5 Å². The monoisotopic (exact) mass is 507 g/mol. The highest BCUT2D eigenvalue weighted by Gasteiger charge is 2.54. The summed E-state index contributed by atoms with van der Waals surface area (Å²) in [7, 11) is -4.37. The third kappa shape index (κ3) is 3.85. The molecule has 2 fully saturated rings. The number of primary sulfonamides is 1. The predicted molar refractivity (Wildman–Crippen MR) is 125 cm³/mol. The molecule has 0 saturated heterocycles. The number of aliphatic hydroxyl groups is 1. The maximum atomic E-state index is 14.0. The highest BCUT2D eigenvalue weighted by atomic mass is 35.5. The average Bonchev–Trinajstić information content (AvgIpc) is 3.07. The van der Waals surface area contributed by atoms with Gasteiger partial charge in [-0.15, -0.1) is 0 Å². The molecule has 0 heterocycles. The number of hydrogen-bond donors (Lipinski definition) is 2. The molecule has 3 aliphatic carbocycles. The SMILES string of the molecule is C[C@]12CCC3c4ccc(OC(=O)c5cc(S(N)(=O)=O)c(F)cc5Cl)cc4CCC3C1CC[C@@H]2O. The topological polar surface area (TPSA) is 107 Å². The van der Waals surface area contributed by atoms with Crippen LogP contribution in [0.3, 0.4) is 0 Å². The lowest BCUT2D eigenvalue weighted by molar-refractivity contribution is -0.0226. The Morgan fingerprint density at radius 2 is 1.97 bits per heavy atom. The lowest BCUT2D eigenvalue weighted by Gasteiger charge is -2.50. The van der Waals surface area contributed by atoms with Gasteiger partial charge in [-0.3, -0.25) is 0 Å². The van der Waals surface area contributed by atoms with Crippen LogP contribution in [-0.4, -0.2) is 25.6 Å². The van der Waals surface area contributed by atoms with Crippen molar-refractivity contribution in [1.82, 2.24) is 0 Å². The summed E-state index contributed by atoms with van der Waals surface area (Å²) < 4.78 is 42.7. The molecular formula is C25H27ClFNO5S. The van der Waals surface area contributed by atoms with Crippen molar-refractivity contribution >= 4 is 27.6 Å². The minimum atomic E-state index is -4.37. The predicted octanol–water partition coefficient (Wildman–Crippen LogP) is 4.56. The van der Waals surface area contributed by atoms with Crippen LogP contribution in [0.2, 0.25) is 5.02 Å². The van der Waals surface area contributed by atoms with E-state index in [-0.39, 0.29) is 22.1 Å². The van der Waals surface area contributed by atoms with Crippen LogP contribution in [0.5, 0.6) is 5.75 Å². The number of fused-ring (bicyclic) bond motifs is 5. The maximum absolute atomic E-state index is 14.0. The van der Waals surface area contributed by atoms with Crippen LogP contribution in [0, 0.1) is 23.1 Å². The molecule has 9 heteroatoms. The number of nitrogens with two attached hydrogens (primary N) is 1. The van der Waals surface area contributed by atoms with Gasteiger partial charge in [-0.05, 0) is 97.1 Å². The fraction of sp³-hybridized carbons (Fsp3) is 0.480. The Hall–Kier alpha value is -2.00. The molecule has 0 aliphatic heterocycles. The fourth-order valence-corrected chi connectivity index (χ4v) is 7.50. The van der Waals surface area contributed by atoms with Gasteiger partial charge in [-0.2, -0.15) is 0 Å². The van der Waals surface area contributed by atoms with E-state index in [0.717, 1.165) is 56.2 Å². The van der Waals surface area contributed by atoms with Gasteiger partial charge in [-0.25, -0.2) is 22.7 Å². The van der Waals surface area contributed by atoms with Crippen molar-refractivity contribution in [2.24, 2.45) is 22.4 Å². The minimum absolute atomic E-state index is 0.0123. The molecule has 0 bridgehead atoms. The van der Waals surface area contributed by atoms with Gasteiger partial charge in [0.2, 0.25) is 10.0 Å². The van der Waals surface area contributed by atoms with Crippen molar-refractivity contribution in [1.29, 1.82) is 0 Å². The number of aliphatic hydroxyl groups excluding tert-OH is 1. The Kier molecular flexibility index (Phi) is 5.79.